The van der Waals surface area contributed by atoms with Gasteiger partial charge in [0.2, 0.25) is 5.91 Å². The molecule has 1 aromatic heterocycles. The van der Waals surface area contributed by atoms with Crippen LogP contribution in [0.1, 0.15) is 16.8 Å². The van der Waals surface area contributed by atoms with Crippen LogP contribution in [-0.2, 0) is 17.8 Å². The van der Waals surface area contributed by atoms with E-state index in [0.29, 0.717) is 24.5 Å². The summed E-state index contributed by atoms with van der Waals surface area (Å²) in [6, 6.07) is 17.0. The van der Waals surface area contributed by atoms with Crippen LogP contribution in [0.4, 0.5) is 4.39 Å². The Bertz CT molecular complexity index is 860. The van der Waals surface area contributed by atoms with E-state index in [4.69, 9.17) is 4.74 Å². The van der Waals surface area contributed by atoms with Crippen molar-refractivity contribution in [3.63, 3.8) is 0 Å². The molecule has 26 heavy (non-hydrogen) atoms. The first-order valence-electron chi connectivity index (χ1n) is 8.29. The van der Waals surface area contributed by atoms with Gasteiger partial charge in [-0.05, 0) is 60.5 Å². The molecule has 3 aromatic rings. The smallest absolute Gasteiger partial charge is 0.224 e. The van der Waals surface area contributed by atoms with Crippen LogP contribution in [0.2, 0.25) is 0 Å². The van der Waals surface area contributed by atoms with Gasteiger partial charge in [-0.25, -0.2) is 4.39 Å². The minimum atomic E-state index is -0.301. The maximum Gasteiger partial charge on any atom is 0.224 e. The fourth-order valence-electron chi connectivity index (χ4n) is 2.37. The molecule has 0 spiro atoms. The van der Waals surface area contributed by atoms with E-state index in [1.807, 2.05) is 43.3 Å². The molecular weight excluding hydrogens is 331 g/mol. The molecule has 1 N–H and O–H groups in total. The normalized spacial score (nSPS) is 10.4. The van der Waals surface area contributed by atoms with Crippen molar-refractivity contribution < 1.29 is 13.9 Å². The molecule has 4 nitrogen and oxygen atoms in total. The minimum absolute atomic E-state index is 0.0534. The van der Waals surface area contributed by atoms with E-state index in [9.17, 15) is 9.18 Å². The molecular formula is C21H19FN2O2. The summed E-state index contributed by atoms with van der Waals surface area (Å²) >= 11 is 0. The van der Waals surface area contributed by atoms with Crippen LogP contribution in [-0.4, -0.2) is 10.9 Å². The number of nitrogens with zero attached hydrogens (tertiary/aromatic N) is 1. The molecule has 1 amide bonds. The Labute approximate surface area is 151 Å². The standard InChI is InChI=1S/C21H19FN2O2/c1-15-2-3-17(14-23-15)12-21(25)24-13-16-4-8-19(9-5-16)26-20-10-6-18(22)7-11-20/h2-11,14H,12-13H2,1H3,(H,24,25). The molecule has 0 bridgehead atoms. The molecule has 132 valence electrons. The van der Waals surface area contributed by atoms with E-state index in [-0.39, 0.29) is 11.7 Å². The summed E-state index contributed by atoms with van der Waals surface area (Å²) in [6.45, 7) is 2.35. The lowest BCUT2D eigenvalue weighted by molar-refractivity contribution is -0.120. The SMILES string of the molecule is Cc1ccc(CC(=O)NCc2ccc(Oc3ccc(F)cc3)cc2)cn1. The van der Waals surface area contributed by atoms with Gasteiger partial charge in [0.15, 0.2) is 0 Å². The zero-order valence-corrected chi connectivity index (χ0v) is 14.4. The Kier molecular flexibility index (Phi) is 5.59. The lowest BCUT2D eigenvalue weighted by Crippen LogP contribution is -2.24. The van der Waals surface area contributed by atoms with Crippen LogP contribution in [0.15, 0.2) is 66.9 Å². The monoisotopic (exact) mass is 350 g/mol. The lowest BCUT2D eigenvalue weighted by atomic mass is 10.1. The number of benzene rings is 2. The van der Waals surface area contributed by atoms with Gasteiger partial charge in [0.05, 0.1) is 6.42 Å². The Balaban J connectivity index is 1.50. The third-order valence-electron chi connectivity index (χ3n) is 3.80. The van der Waals surface area contributed by atoms with Crippen molar-refractivity contribution in [2.75, 3.05) is 0 Å². The maximum absolute atomic E-state index is 12.9. The first kappa shape index (κ1) is 17.6. The first-order valence-corrected chi connectivity index (χ1v) is 8.29. The summed E-state index contributed by atoms with van der Waals surface area (Å²) in [4.78, 5) is 16.2. The fraction of sp³-hybridized carbons (Fsp3) is 0.143. The molecule has 5 heteroatoms. The molecule has 0 saturated heterocycles. The topological polar surface area (TPSA) is 51.2 Å². The second kappa shape index (κ2) is 8.25. The Morgan fingerprint density at radius 3 is 2.19 bits per heavy atom. The summed E-state index contributed by atoms with van der Waals surface area (Å²) in [7, 11) is 0. The second-order valence-electron chi connectivity index (χ2n) is 5.96. The van der Waals surface area contributed by atoms with Crippen molar-refractivity contribution in [1.82, 2.24) is 10.3 Å². The van der Waals surface area contributed by atoms with Crippen LogP contribution >= 0.6 is 0 Å². The number of pyridine rings is 1. The van der Waals surface area contributed by atoms with Gasteiger partial charge >= 0.3 is 0 Å². The summed E-state index contributed by atoms with van der Waals surface area (Å²) < 4.78 is 18.5. The molecule has 2 aromatic carbocycles. The van der Waals surface area contributed by atoms with Gasteiger partial charge in [-0.3, -0.25) is 9.78 Å². The average molecular weight is 350 g/mol. The lowest BCUT2D eigenvalue weighted by Gasteiger charge is -2.08. The van der Waals surface area contributed by atoms with Crippen LogP contribution in [0.3, 0.4) is 0 Å². The number of nitrogens with one attached hydrogen (secondary N) is 1. The molecule has 0 saturated carbocycles. The Hall–Kier alpha value is -3.21. The molecule has 1 heterocycles. The first-order chi connectivity index (χ1) is 12.6. The highest BCUT2D eigenvalue weighted by Crippen LogP contribution is 2.21. The van der Waals surface area contributed by atoms with Gasteiger partial charge in [-0.15, -0.1) is 0 Å². The van der Waals surface area contributed by atoms with Crippen molar-refractivity contribution in [3.8, 4) is 11.5 Å². The molecule has 0 atom stereocenters. The highest BCUT2D eigenvalue weighted by Gasteiger charge is 2.04. The number of hydrogen-bond donors (Lipinski definition) is 1. The van der Waals surface area contributed by atoms with Gasteiger partial charge in [0.25, 0.3) is 0 Å². The molecule has 0 unspecified atom stereocenters. The number of amides is 1. The van der Waals surface area contributed by atoms with Crippen LogP contribution in [0, 0.1) is 12.7 Å². The summed E-state index contributed by atoms with van der Waals surface area (Å²) in [5.74, 6) is 0.865. The van der Waals surface area contributed by atoms with E-state index in [1.165, 1.54) is 12.1 Å². The Morgan fingerprint density at radius 2 is 1.58 bits per heavy atom. The zero-order chi connectivity index (χ0) is 18.4. The van der Waals surface area contributed by atoms with E-state index in [1.54, 1.807) is 18.3 Å². The number of carbonyl (C=O) groups excluding carboxylic acids is 1. The highest BCUT2D eigenvalue weighted by atomic mass is 19.1. The van der Waals surface area contributed by atoms with E-state index in [2.05, 4.69) is 10.3 Å². The van der Waals surface area contributed by atoms with Crippen LogP contribution in [0.25, 0.3) is 0 Å². The molecule has 0 radical (unpaired) electrons. The van der Waals surface area contributed by atoms with Gasteiger partial charge in [0, 0.05) is 18.4 Å². The van der Waals surface area contributed by atoms with Crippen LogP contribution in [0.5, 0.6) is 11.5 Å². The maximum atomic E-state index is 12.9. The van der Waals surface area contributed by atoms with Crippen molar-refractivity contribution in [2.24, 2.45) is 0 Å². The van der Waals surface area contributed by atoms with Crippen molar-refractivity contribution in [1.29, 1.82) is 0 Å². The van der Waals surface area contributed by atoms with Gasteiger partial charge in [-0.1, -0.05) is 18.2 Å². The number of aryl methyl sites for hydroxylation is 1. The second-order valence-corrected chi connectivity index (χ2v) is 5.96. The fourth-order valence-corrected chi connectivity index (χ4v) is 2.37. The number of rotatable bonds is 6. The third kappa shape index (κ3) is 5.14. The minimum Gasteiger partial charge on any atom is -0.457 e. The highest BCUT2D eigenvalue weighted by molar-refractivity contribution is 5.78. The zero-order valence-electron chi connectivity index (χ0n) is 14.4. The largest absolute Gasteiger partial charge is 0.457 e. The van der Waals surface area contributed by atoms with Gasteiger partial charge in [-0.2, -0.15) is 0 Å². The van der Waals surface area contributed by atoms with Crippen molar-refractivity contribution in [2.45, 2.75) is 19.9 Å². The number of ether oxygens (including phenoxy) is 1. The number of carbonyl (C=O) groups is 1. The van der Waals surface area contributed by atoms with Crippen molar-refractivity contribution in [3.05, 3.63) is 89.5 Å². The summed E-state index contributed by atoms with van der Waals surface area (Å²) in [5.41, 5.74) is 2.78. The number of aromatic nitrogens is 1. The predicted octanol–water partition coefficient (Wildman–Crippen LogP) is 4.18. The molecule has 0 aliphatic heterocycles. The third-order valence-corrected chi connectivity index (χ3v) is 3.80. The summed E-state index contributed by atoms with van der Waals surface area (Å²) in [6.07, 6.45) is 2.02. The van der Waals surface area contributed by atoms with Gasteiger partial charge < -0.3 is 10.1 Å². The quantitative estimate of drug-likeness (QED) is 0.725. The van der Waals surface area contributed by atoms with Crippen molar-refractivity contribution >= 4 is 5.91 Å². The van der Waals surface area contributed by atoms with E-state index < -0.39 is 0 Å². The van der Waals surface area contributed by atoms with E-state index in [0.717, 1.165) is 16.8 Å². The predicted molar refractivity (Wildman–Crippen MR) is 97.4 cm³/mol. The van der Waals surface area contributed by atoms with Gasteiger partial charge in [0.1, 0.15) is 17.3 Å². The van der Waals surface area contributed by atoms with E-state index >= 15 is 0 Å². The molecule has 0 fully saturated rings. The number of halogens is 1. The summed E-state index contributed by atoms with van der Waals surface area (Å²) in [5, 5.41) is 2.89. The molecule has 0 aliphatic carbocycles. The number of hydrogen-bond acceptors (Lipinski definition) is 3. The molecule has 3 rings (SSSR count). The van der Waals surface area contributed by atoms with Crippen LogP contribution < -0.4 is 10.1 Å². The Morgan fingerprint density at radius 1 is 0.962 bits per heavy atom. The average Bonchev–Trinajstić information content (AvgIpc) is 2.65. The molecule has 0 aliphatic rings.